The maximum Gasteiger partial charge on any atom is 0.224 e. The lowest BCUT2D eigenvalue weighted by Crippen LogP contribution is -2.26. The predicted molar refractivity (Wildman–Crippen MR) is 88.1 cm³/mol. The highest BCUT2D eigenvalue weighted by atomic mass is 16.5. The van der Waals surface area contributed by atoms with Crippen molar-refractivity contribution in [3.63, 3.8) is 0 Å². The first-order valence-corrected chi connectivity index (χ1v) is 8.50. The molecule has 0 unspecified atom stereocenters. The zero-order chi connectivity index (χ0) is 15.2. The van der Waals surface area contributed by atoms with E-state index in [4.69, 9.17) is 4.74 Å². The molecule has 1 amide bonds. The Kier molecular flexibility index (Phi) is 5.15. The van der Waals surface area contributed by atoms with Crippen LogP contribution < -0.4 is 10.1 Å². The number of carbonyl (C=O) groups excluding carboxylic acids is 1. The molecule has 1 aliphatic carbocycles. The van der Waals surface area contributed by atoms with E-state index in [1.807, 2.05) is 12.1 Å². The van der Waals surface area contributed by atoms with Crippen molar-refractivity contribution >= 4 is 5.91 Å². The van der Waals surface area contributed by atoms with Gasteiger partial charge in [0.15, 0.2) is 0 Å². The van der Waals surface area contributed by atoms with E-state index in [1.54, 1.807) is 0 Å². The van der Waals surface area contributed by atoms with Gasteiger partial charge in [0.05, 0.1) is 13.0 Å². The van der Waals surface area contributed by atoms with Gasteiger partial charge in [-0.25, -0.2) is 0 Å². The number of carbonyl (C=O) groups is 1. The second-order valence-corrected chi connectivity index (χ2v) is 6.28. The van der Waals surface area contributed by atoms with Crippen LogP contribution in [0.1, 0.15) is 49.7 Å². The molecule has 3 nitrogen and oxygen atoms in total. The van der Waals surface area contributed by atoms with Crippen molar-refractivity contribution in [1.82, 2.24) is 5.32 Å². The Morgan fingerprint density at radius 3 is 3.00 bits per heavy atom. The average molecular weight is 299 g/mol. The van der Waals surface area contributed by atoms with Crippen molar-refractivity contribution in [2.24, 2.45) is 0 Å². The number of hydrogen-bond donors (Lipinski definition) is 1. The Balaban J connectivity index is 1.46. The summed E-state index contributed by atoms with van der Waals surface area (Å²) in [5.74, 6) is 1.10. The van der Waals surface area contributed by atoms with Crippen LogP contribution in [-0.4, -0.2) is 19.1 Å². The van der Waals surface area contributed by atoms with Gasteiger partial charge >= 0.3 is 0 Å². The van der Waals surface area contributed by atoms with E-state index in [2.05, 4.69) is 17.5 Å². The summed E-state index contributed by atoms with van der Waals surface area (Å²) < 4.78 is 5.61. The fourth-order valence-electron chi connectivity index (χ4n) is 3.27. The molecule has 3 heteroatoms. The van der Waals surface area contributed by atoms with E-state index >= 15 is 0 Å². The van der Waals surface area contributed by atoms with Gasteiger partial charge in [0, 0.05) is 6.54 Å². The van der Waals surface area contributed by atoms with E-state index in [1.165, 1.54) is 36.8 Å². The fourth-order valence-corrected chi connectivity index (χ4v) is 3.27. The van der Waals surface area contributed by atoms with E-state index in [0.29, 0.717) is 6.42 Å². The lowest BCUT2D eigenvalue weighted by Gasteiger charge is -2.18. The molecule has 22 heavy (non-hydrogen) atoms. The average Bonchev–Trinajstić information content (AvgIpc) is 2.56. The lowest BCUT2D eigenvalue weighted by atomic mass is 9.97. The van der Waals surface area contributed by atoms with Crippen LogP contribution in [0.3, 0.4) is 0 Å². The number of nitrogens with one attached hydrogen (secondary N) is 1. The van der Waals surface area contributed by atoms with Gasteiger partial charge in [0.1, 0.15) is 5.75 Å². The van der Waals surface area contributed by atoms with Crippen LogP contribution in [0.4, 0.5) is 0 Å². The van der Waals surface area contributed by atoms with Crippen LogP contribution in [-0.2, 0) is 17.6 Å². The van der Waals surface area contributed by atoms with Crippen LogP contribution in [0, 0.1) is 0 Å². The summed E-state index contributed by atoms with van der Waals surface area (Å²) in [4.78, 5) is 12.1. The minimum Gasteiger partial charge on any atom is -0.493 e. The van der Waals surface area contributed by atoms with Crippen molar-refractivity contribution in [3.05, 3.63) is 41.0 Å². The number of benzene rings is 1. The van der Waals surface area contributed by atoms with E-state index in [-0.39, 0.29) is 5.91 Å². The van der Waals surface area contributed by atoms with Crippen LogP contribution in [0.15, 0.2) is 29.8 Å². The van der Waals surface area contributed by atoms with Gasteiger partial charge in [-0.05, 0) is 62.1 Å². The summed E-state index contributed by atoms with van der Waals surface area (Å²) in [6.07, 6.45) is 11.0. The van der Waals surface area contributed by atoms with Crippen LogP contribution in [0.25, 0.3) is 0 Å². The molecule has 1 heterocycles. The Hall–Kier alpha value is -1.77. The minimum atomic E-state index is 0.119. The fraction of sp³-hybridized carbons (Fsp3) is 0.526. The predicted octanol–water partition coefficient (Wildman–Crippen LogP) is 3.56. The maximum absolute atomic E-state index is 12.1. The standard InChI is InChI=1S/C19H25NO2/c21-19(20-11-10-15-5-2-1-3-6-15)14-16-8-9-18-17(13-16)7-4-12-22-18/h5,8-9,13H,1-4,6-7,10-12,14H2,(H,20,21). The molecule has 1 aromatic rings. The molecule has 0 fully saturated rings. The number of rotatable bonds is 5. The first kappa shape index (κ1) is 15.1. The third kappa shape index (κ3) is 4.12. The molecule has 2 aliphatic rings. The molecule has 118 valence electrons. The molecule has 0 spiro atoms. The highest BCUT2D eigenvalue weighted by molar-refractivity contribution is 5.78. The highest BCUT2D eigenvalue weighted by Crippen LogP contribution is 2.25. The van der Waals surface area contributed by atoms with Crippen molar-refractivity contribution in [1.29, 1.82) is 0 Å². The highest BCUT2D eigenvalue weighted by Gasteiger charge is 2.12. The van der Waals surface area contributed by atoms with Gasteiger partial charge in [-0.15, -0.1) is 0 Å². The molecular weight excluding hydrogens is 274 g/mol. The third-order valence-electron chi connectivity index (χ3n) is 4.49. The van der Waals surface area contributed by atoms with Crippen LogP contribution in [0.2, 0.25) is 0 Å². The van der Waals surface area contributed by atoms with Crippen molar-refractivity contribution < 1.29 is 9.53 Å². The number of aryl methyl sites for hydroxylation is 1. The lowest BCUT2D eigenvalue weighted by molar-refractivity contribution is -0.120. The number of allylic oxidation sites excluding steroid dienone is 1. The zero-order valence-electron chi connectivity index (χ0n) is 13.2. The summed E-state index contributed by atoms with van der Waals surface area (Å²) >= 11 is 0. The smallest absolute Gasteiger partial charge is 0.224 e. The van der Waals surface area contributed by atoms with Crippen LogP contribution >= 0.6 is 0 Å². The normalized spacial score (nSPS) is 17.2. The van der Waals surface area contributed by atoms with E-state index in [0.717, 1.165) is 43.7 Å². The van der Waals surface area contributed by atoms with Gasteiger partial charge in [-0.1, -0.05) is 23.8 Å². The van der Waals surface area contributed by atoms with Crippen LogP contribution in [0.5, 0.6) is 5.75 Å². The number of ether oxygens (including phenoxy) is 1. The Morgan fingerprint density at radius 1 is 1.18 bits per heavy atom. The largest absolute Gasteiger partial charge is 0.493 e. The second-order valence-electron chi connectivity index (χ2n) is 6.28. The van der Waals surface area contributed by atoms with Crippen molar-refractivity contribution in [3.8, 4) is 5.75 Å². The summed E-state index contributed by atoms with van der Waals surface area (Å²) in [6, 6.07) is 6.13. The first-order valence-electron chi connectivity index (χ1n) is 8.50. The second kappa shape index (κ2) is 7.48. The molecule has 0 atom stereocenters. The van der Waals surface area contributed by atoms with Gasteiger partial charge < -0.3 is 10.1 Å². The van der Waals surface area contributed by atoms with Gasteiger partial charge in [0.25, 0.3) is 0 Å². The molecule has 3 rings (SSSR count). The number of fused-ring (bicyclic) bond motifs is 1. The summed E-state index contributed by atoms with van der Waals surface area (Å²) in [6.45, 7) is 1.57. The molecule has 1 N–H and O–H groups in total. The van der Waals surface area contributed by atoms with Gasteiger partial charge in [0.2, 0.25) is 5.91 Å². The van der Waals surface area contributed by atoms with E-state index in [9.17, 15) is 4.79 Å². The quantitative estimate of drug-likeness (QED) is 0.844. The molecule has 1 aromatic carbocycles. The number of amides is 1. The monoisotopic (exact) mass is 299 g/mol. The van der Waals surface area contributed by atoms with Crippen molar-refractivity contribution in [2.75, 3.05) is 13.2 Å². The molecule has 1 aliphatic heterocycles. The topological polar surface area (TPSA) is 38.3 Å². The van der Waals surface area contributed by atoms with Gasteiger partial charge in [-0.3, -0.25) is 4.79 Å². The number of hydrogen-bond acceptors (Lipinski definition) is 2. The summed E-state index contributed by atoms with van der Waals surface area (Å²) in [5.41, 5.74) is 3.83. The van der Waals surface area contributed by atoms with Gasteiger partial charge in [-0.2, -0.15) is 0 Å². The SMILES string of the molecule is O=C(Cc1ccc2c(c1)CCCO2)NCCC1=CCCCC1. The Morgan fingerprint density at radius 2 is 2.14 bits per heavy atom. The molecule has 0 bridgehead atoms. The first-order chi connectivity index (χ1) is 10.8. The Bertz CT molecular complexity index is 563. The molecule has 0 radical (unpaired) electrons. The zero-order valence-corrected chi connectivity index (χ0v) is 13.2. The molecule has 0 aromatic heterocycles. The summed E-state index contributed by atoms with van der Waals surface area (Å²) in [5, 5.41) is 3.05. The molecular formula is C19H25NO2. The van der Waals surface area contributed by atoms with Crippen molar-refractivity contribution in [2.45, 2.75) is 51.4 Å². The Labute approximate surface area is 132 Å². The summed E-state index contributed by atoms with van der Waals surface area (Å²) in [7, 11) is 0. The third-order valence-corrected chi connectivity index (χ3v) is 4.49. The molecule has 0 saturated carbocycles. The maximum atomic E-state index is 12.1. The van der Waals surface area contributed by atoms with E-state index < -0.39 is 0 Å². The molecule has 0 saturated heterocycles. The minimum absolute atomic E-state index is 0.119.